The Morgan fingerprint density at radius 1 is 1.19 bits per heavy atom. The van der Waals surface area contributed by atoms with E-state index in [0.717, 1.165) is 23.0 Å². The second-order valence-electron chi connectivity index (χ2n) is 4.35. The van der Waals surface area contributed by atoms with Crippen molar-refractivity contribution in [3.05, 3.63) is 48.0 Å². The Morgan fingerprint density at radius 2 is 2.00 bits per heavy atom. The third kappa shape index (κ3) is 2.85. The van der Waals surface area contributed by atoms with Crippen molar-refractivity contribution in [3.63, 3.8) is 0 Å². The lowest BCUT2D eigenvalue weighted by Crippen LogP contribution is -2.12. The summed E-state index contributed by atoms with van der Waals surface area (Å²) >= 11 is 1.13. The van der Waals surface area contributed by atoms with E-state index < -0.39 is 0 Å². The molecule has 21 heavy (non-hydrogen) atoms. The van der Waals surface area contributed by atoms with E-state index in [-0.39, 0.29) is 5.91 Å². The second-order valence-corrected chi connectivity index (χ2v) is 4.88. The minimum atomic E-state index is -0.182. The zero-order chi connectivity index (χ0) is 14.7. The Kier molecular flexibility index (Phi) is 3.79. The zero-order valence-electron chi connectivity index (χ0n) is 11.4. The first-order valence-electron chi connectivity index (χ1n) is 6.53. The molecule has 0 bridgehead atoms. The first-order chi connectivity index (χ1) is 10.3. The fraction of sp³-hybridized carbons (Fsp3) is 0.133. The fourth-order valence-electron chi connectivity index (χ4n) is 1.97. The van der Waals surface area contributed by atoms with E-state index in [0.29, 0.717) is 23.4 Å². The molecule has 0 fully saturated rings. The molecule has 1 N–H and O–H groups in total. The monoisotopic (exact) mass is 299 g/mol. The molecule has 0 aliphatic rings. The number of carbonyl (C=O) groups is 1. The van der Waals surface area contributed by atoms with E-state index in [1.54, 1.807) is 24.3 Å². The largest absolute Gasteiger partial charge is 0.494 e. The van der Waals surface area contributed by atoms with Gasteiger partial charge in [-0.2, -0.15) is 8.75 Å². The van der Waals surface area contributed by atoms with Crippen molar-refractivity contribution < 1.29 is 9.53 Å². The fourth-order valence-corrected chi connectivity index (χ4v) is 2.52. The van der Waals surface area contributed by atoms with Crippen LogP contribution in [-0.2, 0) is 0 Å². The highest BCUT2D eigenvalue weighted by Gasteiger charge is 2.10. The van der Waals surface area contributed by atoms with Crippen molar-refractivity contribution in [2.45, 2.75) is 6.92 Å². The smallest absolute Gasteiger partial charge is 0.255 e. The van der Waals surface area contributed by atoms with Crippen LogP contribution in [0.4, 0.5) is 5.69 Å². The molecule has 0 saturated carbocycles. The molecule has 0 spiro atoms. The topological polar surface area (TPSA) is 64.1 Å². The average molecular weight is 299 g/mol. The van der Waals surface area contributed by atoms with Gasteiger partial charge in [0.1, 0.15) is 16.8 Å². The van der Waals surface area contributed by atoms with E-state index in [4.69, 9.17) is 4.74 Å². The summed E-state index contributed by atoms with van der Waals surface area (Å²) in [5.41, 5.74) is 2.73. The summed E-state index contributed by atoms with van der Waals surface area (Å²) < 4.78 is 13.7. The summed E-state index contributed by atoms with van der Waals surface area (Å²) in [5, 5.41) is 2.86. The highest BCUT2D eigenvalue weighted by Crippen LogP contribution is 2.22. The van der Waals surface area contributed by atoms with Crippen LogP contribution in [-0.4, -0.2) is 21.3 Å². The Balaban J connectivity index is 1.81. The lowest BCUT2D eigenvalue weighted by molar-refractivity contribution is 0.102. The molecule has 1 heterocycles. The van der Waals surface area contributed by atoms with Crippen molar-refractivity contribution in [3.8, 4) is 5.75 Å². The number of hydrogen-bond acceptors (Lipinski definition) is 5. The molecule has 106 valence electrons. The maximum atomic E-state index is 12.3. The van der Waals surface area contributed by atoms with E-state index >= 15 is 0 Å². The van der Waals surface area contributed by atoms with E-state index in [2.05, 4.69) is 14.1 Å². The van der Waals surface area contributed by atoms with Gasteiger partial charge in [0.2, 0.25) is 0 Å². The number of benzene rings is 2. The Hall–Kier alpha value is -2.47. The van der Waals surface area contributed by atoms with Crippen LogP contribution in [0.2, 0.25) is 0 Å². The zero-order valence-corrected chi connectivity index (χ0v) is 12.2. The van der Waals surface area contributed by atoms with Crippen LogP contribution >= 0.6 is 11.7 Å². The molecule has 6 heteroatoms. The number of rotatable bonds is 4. The van der Waals surface area contributed by atoms with Crippen molar-refractivity contribution in [2.75, 3.05) is 11.9 Å². The molecule has 3 rings (SSSR count). The molecule has 0 saturated heterocycles. The maximum Gasteiger partial charge on any atom is 0.255 e. The molecule has 1 aromatic heterocycles. The quantitative estimate of drug-likeness (QED) is 0.802. The summed E-state index contributed by atoms with van der Waals surface area (Å²) in [6.45, 7) is 2.52. The molecular formula is C15H13N3O2S. The Labute approximate surface area is 125 Å². The van der Waals surface area contributed by atoms with Crippen LogP contribution in [0.5, 0.6) is 5.75 Å². The minimum absolute atomic E-state index is 0.182. The highest BCUT2D eigenvalue weighted by atomic mass is 32.1. The number of nitrogens with zero attached hydrogens (tertiary/aromatic N) is 2. The van der Waals surface area contributed by atoms with Gasteiger partial charge in [0, 0.05) is 5.56 Å². The van der Waals surface area contributed by atoms with Gasteiger partial charge < -0.3 is 10.1 Å². The van der Waals surface area contributed by atoms with Crippen LogP contribution in [0.1, 0.15) is 17.3 Å². The van der Waals surface area contributed by atoms with E-state index in [9.17, 15) is 4.79 Å². The van der Waals surface area contributed by atoms with Gasteiger partial charge in [-0.1, -0.05) is 6.07 Å². The second kappa shape index (κ2) is 5.88. The molecule has 0 unspecified atom stereocenters. The molecule has 5 nitrogen and oxygen atoms in total. The lowest BCUT2D eigenvalue weighted by atomic mass is 10.2. The van der Waals surface area contributed by atoms with Gasteiger partial charge >= 0.3 is 0 Å². The van der Waals surface area contributed by atoms with E-state index in [1.807, 2.05) is 25.1 Å². The first-order valence-corrected chi connectivity index (χ1v) is 7.26. The van der Waals surface area contributed by atoms with Crippen LogP contribution in [0.15, 0.2) is 42.5 Å². The molecule has 0 radical (unpaired) electrons. The van der Waals surface area contributed by atoms with E-state index in [1.165, 1.54) is 0 Å². The number of aromatic nitrogens is 2. The summed E-state index contributed by atoms with van der Waals surface area (Å²) in [6.07, 6.45) is 0. The first kappa shape index (κ1) is 13.5. The average Bonchev–Trinajstić information content (AvgIpc) is 2.98. The maximum absolute atomic E-state index is 12.3. The van der Waals surface area contributed by atoms with Crippen molar-refractivity contribution in [1.82, 2.24) is 8.75 Å². The molecule has 0 aliphatic heterocycles. The van der Waals surface area contributed by atoms with Crippen LogP contribution in [0.3, 0.4) is 0 Å². The van der Waals surface area contributed by atoms with Crippen molar-refractivity contribution in [2.24, 2.45) is 0 Å². The van der Waals surface area contributed by atoms with Crippen molar-refractivity contribution >= 4 is 34.4 Å². The van der Waals surface area contributed by atoms with Crippen LogP contribution in [0.25, 0.3) is 11.0 Å². The molecular weight excluding hydrogens is 286 g/mol. The lowest BCUT2D eigenvalue weighted by Gasteiger charge is -2.07. The molecule has 0 aliphatic carbocycles. The number of amides is 1. The number of fused-ring (bicyclic) bond motifs is 1. The van der Waals surface area contributed by atoms with Crippen LogP contribution < -0.4 is 10.1 Å². The number of carbonyl (C=O) groups excluding carboxylic acids is 1. The molecule has 3 aromatic rings. The van der Waals surface area contributed by atoms with Crippen LogP contribution in [0, 0.1) is 0 Å². The number of anilines is 1. The number of ether oxygens (including phenoxy) is 1. The predicted molar refractivity (Wildman–Crippen MR) is 83.0 cm³/mol. The van der Waals surface area contributed by atoms with Gasteiger partial charge in [-0.25, -0.2) is 0 Å². The molecule has 0 atom stereocenters. The van der Waals surface area contributed by atoms with Gasteiger partial charge in [-0.3, -0.25) is 4.79 Å². The predicted octanol–water partition coefficient (Wildman–Crippen LogP) is 3.34. The van der Waals surface area contributed by atoms with Gasteiger partial charge in [-0.15, -0.1) is 0 Å². The SMILES string of the molecule is CCOc1ccc(C(=O)Nc2cccc3nsnc23)cc1. The molecule has 2 aromatic carbocycles. The summed E-state index contributed by atoms with van der Waals surface area (Å²) in [5.74, 6) is 0.568. The Bertz CT molecular complexity index is 768. The number of nitrogens with one attached hydrogen (secondary N) is 1. The summed E-state index contributed by atoms with van der Waals surface area (Å²) in [6, 6.07) is 12.6. The Morgan fingerprint density at radius 3 is 2.76 bits per heavy atom. The third-order valence-corrected chi connectivity index (χ3v) is 3.50. The minimum Gasteiger partial charge on any atom is -0.494 e. The van der Waals surface area contributed by atoms with Crippen molar-refractivity contribution in [1.29, 1.82) is 0 Å². The number of hydrogen-bond donors (Lipinski definition) is 1. The molecule has 1 amide bonds. The summed E-state index contributed by atoms with van der Waals surface area (Å²) in [4.78, 5) is 12.3. The van der Waals surface area contributed by atoms with Gasteiger partial charge in [0.05, 0.1) is 24.0 Å². The van der Waals surface area contributed by atoms with Gasteiger partial charge in [0.15, 0.2) is 0 Å². The van der Waals surface area contributed by atoms with Gasteiger partial charge in [0.25, 0.3) is 5.91 Å². The summed E-state index contributed by atoms with van der Waals surface area (Å²) in [7, 11) is 0. The standard InChI is InChI=1S/C15H13N3O2S/c1-2-20-11-8-6-10(7-9-11)15(19)16-12-4-3-5-13-14(12)18-21-17-13/h3-9H,2H2,1H3,(H,16,19). The highest BCUT2D eigenvalue weighted by molar-refractivity contribution is 7.00. The third-order valence-electron chi connectivity index (χ3n) is 2.96. The normalized spacial score (nSPS) is 10.5. The van der Waals surface area contributed by atoms with Gasteiger partial charge in [-0.05, 0) is 43.3 Å².